The highest BCUT2D eigenvalue weighted by Crippen LogP contribution is 2.24. The SMILES string of the molecule is Cc1cc(F)ccc1C[C@H]1CN[C@H](C(=O)Cc2ccc(Oc3ccc(F)cc3)cc2)C1. The van der Waals surface area contributed by atoms with Gasteiger partial charge in [-0.25, -0.2) is 8.78 Å². The highest BCUT2D eigenvalue weighted by atomic mass is 19.1. The molecule has 1 fully saturated rings. The van der Waals surface area contributed by atoms with Crippen molar-refractivity contribution in [3.8, 4) is 11.5 Å². The molecule has 3 nitrogen and oxygen atoms in total. The fraction of sp³-hybridized carbons (Fsp3) is 0.269. The standard InChI is InChI=1S/C26H25F2NO2/c1-17-12-22(28)5-4-20(17)13-19-14-25(29-16-19)26(30)15-18-2-8-23(9-3-18)31-24-10-6-21(27)7-11-24/h2-12,19,25,29H,13-16H2,1H3/t19-,25+/m1/s1. The van der Waals surface area contributed by atoms with E-state index in [0.717, 1.165) is 36.1 Å². The first-order chi connectivity index (χ1) is 15.0. The number of halogens is 2. The number of hydrogen-bond acceptors (Lipinski definition) is 3. The Morgan fingerprint density at radius 2 is 1.61 bits per heavy atom. The Hall–Kier alpha value is -3.05. The maximum Gasteiger partial charge on any atom is 0.154 e. The lowest BCUT2D eigenvalue weighted by Crippen LogP contribution is -2.31. The minimum Gasteiger partial charge on any atom is -0.457 e. The van der Waals surface area contributed by atoms with E-state index in [1.54, 1.807) is 18.2 Å². The molecule has 31 heavy (non-hydrogen) atoms. The maximum absolute atomic E-state index is 13.3. The number of hydrogen-bond donors (Lipinski definition) is 1. The quantitative estimate of drug-likeness (QED) is 0.555. The van der Waals surface area contributed by atoms with E-state index < -0.39 is 0 Å². The van der Waals surface area contributed by atoms with Gasteiger partial charge in [0.05, 0.1) is 6.04 Å². The minimum atomic E-state index is -0.309. The summed E-state index contributed by atoms with van der Waals surface area (Å²) in [7, 11) is 0. The smallest absolute Gasteiger partial charge is 0.154 e. The molecule has 4 rings (SSSR count). The van der Waals surface area contributed by atoms with Crippen molar-refractivity contribution in [1.82, 2.24) is 5.32 Å². The van der Waals surface area contributed by atoms with Gasteiger partial charge in [0.2, 0.25) is 0 Å². The first-order valence-electron chi connectivity index (χ1n) is 10.5. The van der Waals surface area contributed by atoms with Crippen LogP contribution in [-0.4, -0.2) is 18.4 Å². The topological polar surface area (TPSA) is 38.3 Å². The molecule has 1 N–H and O–H groups in total. The van der Waals surface area contributed by atoms with E-state index in [4.69, 9.17) is 4.74 Å². The van der Waals surface area contributed by atoms with E-state index in [2.05, 4.69) is 5.32 Å². The molecule has 2 atom stereocenters. The molecule has 5 heteroatoms. The van der Waals surface area contributed by atoms with Crippen LogP contribution in [0.2, 0.25) is 0 Å². The summed E-state index contributed by atoms with van der Waals surface area (Å²) in [4.78, 5) is 12.8. The Morgan fingerprint density at radius 1 is 0.968 bits per heavy atom. The highest BCUT2D eigenvalue weighted by molar-refractivity contribution is 5.86. The highest BCUT2D eigenvalue weighted by Gasteiger charge is 2.29. The van der Waals surface area contributed by atoms with Crippen LogP contribution in [0.25, 0.3) is 0 Å². The number of Topliss-reactive ketones (excluding diaryl/α,β-unsaturated/α-hetero) is 1. The molecule has 0 unspecified atom stereocenters. The largest absolute Gasteiger partial charge is 0.457 e. The van der Waals surface area contributed by atoms with Gasteiger partial charge in [-0.3, -0.25) is 4.79 Å². The second kappa shape index (κ2) is 9.40. The first-order valence-corrected chi connectivity index (χ1v) is 10.5. The van der Waals surface area contributed by atoms with Gasteiger partial charge in [0.15, 0.2) is 5.78 Å². The zero-order valence-electron chi connectivity index (χ0n) is 17.4. The Morgan fingerprint density at radius 3 is 2.29 bits per heavy atom. The van der Waals surface area contributed by atoms with Gasteiger partial charge >= 0.3 is 0 Å². The van der Waals surface area contributed by atoms with Crippen molar-refractivity contribution < 1.29 is 18.3 Å². The average Bonchev–Trinajstić information content (AvgIpc) is 3.22. The van der Waals surface area contributed by atoms with Gasteiger partial charge in [-0.1, -0.05) is 18.2 Å². The summed E-state index contributed by atoms with van der Waals surface area (Å²) in [5.74, 6) is 1.21. The molecule has 0 aliphatic carbocycles. The van der Waals surface area contributed by atoms with Crippen LogP contribution >= 0.6 is 0 Å². The molecule has 0 radical (unpaired) electrons. The second-order valence-electron chi connectivity index (χ2n) is 8.18. The lowest BCUT2D eigenvalue weighted by molar-refractivity contribution is -0.120. The molecule has 0 amide bonds. The number of rotatable bonds is 7. The van der Waals surface area contributed by atoms with Gasteiger partial charge in [0.25, 0.3) is 0 Å². The van der Waals surface area contributed by atoms with Gasteiger partial charge in [0, 0.05) is 6.42 Å². The van der Waals surface area contributed by atoms with Gasteiger partial charge < -0.3 is 10.1 Å². The molecule has 0 bridgehead atoms. The van der Waals surface area contributed by atoms with E-state index in [-0.39, 0.29) is 23.5 Å². The third-order valence-corrected chi connectivity index (χ3v) is 5.77. The Balaban J connectivity index is 1.29. The van der Waals surface area contributed by atoms with Gasteiger partial charge in [-0.15, -0.1) is 0 Å². The zero-order valence-corrected chi connectivity index (χ0v) is 17.4. The van der Waals surface area contributed by atoms with Crippen molar-refractivity contribution in [3.05, 3.63) is 95.1 Å². The molecule has 1 aliphatic heterocycles. The zero-order chi connectivity index (χ0) is 21.8. The predicted molar refractivity (Wildman–Crippen MR) is 116 cm³/mol. The van der Waals surface area contributed by atoms with Crippen LogP contribution in [0, 0.1) is 24.5 Å². The number of carbonyl (C=O) groups is 1. The minimum absolute atomic E-state index is 0.152. The van der Waals surface area contributed by atoms with Gasteiger partial charge in [-0.2, -0.15) is 0 Å². The number of benzene rings is 3. The van der Waals surface area contributed by atoms with Crippen LogP contribution < -0.4 is 10.1 Å². The number of nitrogens with one attached hydrogen (secondary N) is 1. The van der Waals surface area contributed by atoms with Crippen LogP contribution in [0.5, 0.6) is 11.5 Å². The van der Waals surface area contributed by atoms with Crippen molar-refractivity contribution in [3.63, 3.8) is 0 Å². The lowest BCUT2D eigenvalue weighted by Gasteiger charge is -2.12. The van der Waals surface area contributed by atoms with Crippen molar-refractivity contribution in [2.75, 3.05) is 6.54 Å². The van der Waals surface area contributed by atoms with Crippen LogP contribution in [0.4, 0.5) is 8.78 Å². The molecule has 1 heterocycles. The summed E-state index contributed by atoms with van der Waals surface area (Å²) in [5.41, 5.74) is 3.02. The van der Waals surface area contributed by atoms with E-state index in [0.29, 0.717) is 23.8 Å². The summed E-state index contributed by atoms with van der Waals surface area (Å²) >= 11 is 0. The van der Waals surface area contributed by atoms with Crippen molar-refractivity contribution in [2.45, 2.75) is 32.2 Å². The maximum atomic E-state index is 13.3. The summed E-state index contributed by atoms with van der Waals surface area (Å²) in [6, 6.07) is 18.0. The number of aryl methyl sites for hydroxylation is 1. The van der Waals surface area contributed by atoms with E-state index in [9.17, 15) is 13.6 Å². The molecule has 0 spiro atoms. The van der Waals surface area contributed by atoms with Crippen LogP contribution in [-0.2, 0) is 17.6 Å². The number of ketones is 1. The van der Waals surface area contributed by atoms with Crippen molar-refractivity contribution in [2.24, 2.45) is 5.92 Å². The fourth-order valence-corrected chi connectivity index (χ4v) is 4.05. The second-order valence-corrected chi connectivity index (χ2v) is 8.18. The Bertz CT molecular complexity index is 1050. The Kier molecular flexibility index (Phi) is 6.42. The van der Waals surface area contributed by atoms with Crippen molar-refractivity contribution >= 4 is 5.78 Å². The summed E-state index contributed by atoms with van der Waals surface area (Å²) < 4.78 is 32.0. The molecule has 3 aromatic rings. The van der Waals surface area contributed by atoms with Crippen LogP contribution in [0.15, 0.2) is 66.7 Å². The summed E-state index contributed by atoms with van der Waals surface area (Å²) in [6.45, 7) is 2.71. The first kappa shape index (κ1) is 21.2. The molecular weight excluding hydrogens is 396 g/mol. The lowest BCUT2D eigenvalue weighted by atomic mass is 9.92. The molecule has 3 aromatic carbocycles. The molecule has 160 valence electrons. The number of ether oxygens (including phenoxy) is 1. The van der Waals surface area contributed by atoms with E-state index in [1.165, 1.54) is 18.2 Å². The summed E-state index contributed by atoms with van der Waals surface area (Å²) in [6.07, 6.45) is 2.00. The normalized spacial score (nSPS) is 18.2. The van der Waals surface area contributed by atoms with E-state index in [1.807, 2.05) is 37.3 Å². The predicted octanol–water partition coefficient (Wildman–Crippen LogP) is 5.40. The van der Waals surface area contributed by atoms with E-state index >= 15 is 0 Å². The van der Waals surface area contributed by atoms with Gasteiger partial charge in [-0.05, 0) is 97.4 Å². The molecule has 0 aromatic heterocycles. The summed E-state index contributed by atoms with van der Waals surface area (Å²) in [5, 5.41) is 3.35. The van der Waals surface area contributed by atoms with Crippen LogP contribution in [0.1, 0.15) is 23.1 Å². The molecule has 0 saturated carbocycles. The monoisotopic (exact) mass is 421 g/mol. The molecule has 1 aliphatic rings. The third-order valence-electron chi connectivity index (χ3n) is 5.77. The Labute approximate surface area is 181 Å². The average molecular weight is 421 g/mol. The number of carbonyl (C=O) groups excluding carboxylic acids is 1. The van der Waals surface area contributed by atoms with Crippen LogP contribution in [0.3, 0.4) is 0 Å². The molecule has 1 saturated heterocycles. The van der Waals surface area contributed by atoms with Gasteiger partial charge in [0.1, 0.15) is 23.1 Å². The fourth-order valence-electron chi connectivity index (χ4n) is 4.05. The molecular formula is C26H25F2NO2. The van der Waals surface area contributed by atoms with Crippen molar-refractivity contribution in [1.29, 1.82) is 0 Å². The third kappa shape index (κ3) is 5.56.